The Labute approximate surface area is 523 Å². The predicted octanol–water partition coefficient (Wildman–Crippen LogP) is 10.8. The number of nitrogens with zero attached hydrogens (tertiary/aromatic N) is 2. The maximum Gasteiger partial charge on any atom is 0.543 e. The Morgan fingerprint density at radius 3 is 1.50 bits per heavy atom. The van der Waals surface area contributed by atoms with Crippen molar-refractivity contribution in [1.82, 2.24) is 10.1 Å². The highest BCUT2D eigenvalue weighted by atomic mass is 35.5. The van der Waals surface area contributed by atoms with Gasteiger partial charge < -0.3 is 29.5 Å². The zero-order chi connectivity index (χ0) is 62.3. The number of fused-ring (bicyclic) bond motifs is 14. The number of alkyl halides is 5. The summed E-state index contributed by atoms with van der Waals surface area (Å²) in [6.07, 6.45) is -0.661. The third-order valence-corrected chi connectivity index (χ3v) is 23.3. The first-order valence-corrected chi connectivity index (χ1v) is 30.8. The molecule has 88 heavy (non-hydrogen) atoms. The van der Waals surface area contributed by atoms with Crippen LogP contribution < -0.4 is 0 Å². The van der Waals surface area contributed by atoms with Crippen LogP contribution >= 0.6 is 46.6 Å². The normalized spacial score (nSPS) is 43.9. The molecule has 4 saturated heterocycles. The highest BCUT2D eigenvalue weighted by Gasteiger charge is 2.82. The lowest BCUT2D eigenvalue weighted by Crippen LogP contribution is -2.70. The second-order valence-electron chi connectivity index (χ2n) is 25.8. The minimum atomic E-state index is -2.29. The van der Waals surface area contributed by atoms with Gasteiger partial charge in [0.25, 0.3) is 0 Å². The summed E-state index contributed by atoms with van der Waals surface area (Å²) >= 11 is 17.9. The van der Waals surface area contributed by atoms with E-state index in [4.69, 9.17) is 54.1 Å². The molecule has 0 radical (unpaired) electrons. The highest BCUT2D eigenvalue weighted by Crippen LogP contribution is 2.75. The number of ketones is 2. The van der Waals surface area contributed by atoms with E-state index >= 15 is 17.6 Å². The van der Waals surface area contributed by atoms with Crippen molar-refractivity contribution in [3.8, 4) is 0 Å². The van der Waals surface area contributed by atoms with Crippen molar-refractivity contribution in [3.05, 3.63) is 117 Å². The molecule has 0 aromatic heterocycles. The summed E-state index contributed by atoms with van der Waals surface area (Å²) in [7, 11) is 0. The summed E-state index contributed by atoms with van der Waals surface area (Å²) in [6.45, 7) is 8.09. The van der Waals surface area contributed by atoms with Crippen LogP contribution in [0.15, 0.2) is 96.1 Å². The summed E-state index contributed by atoms with van der Waals surface area (Å²) in [5, 5.41) is 37.7. The lowest BCUT2D eigenvalue weighted by atomic mass is 9.44. The van der Waals surface area contributed by atoms with Gasteiger partial charge >= 0.3 is 23.9 Å². The lowest BCUT2D eigenvalue weighted by molar-refractivity contribution is -0.275. The van der Waals surface area contributed by atoms with Crippen LogP contribution in [-0.4, -0.2) is 138 Å². The Bertz CT molecular complexity index is 3330. The fourth-order valence-electron chi connectivity index (χ4n) is 17.8. The number of hydrogen-bond acceptors (Lipinski definition) is 18. The van der Waals surface area contributed by atoms with Crippen molar-refractivity contribution in [2.24, 2.45) is 57.2 Å². The Balaban J connectivity index is 0.000000163. The van der Waals surface area contributed by atoms with E-state index in [1.165, 1.54) is 31.2 Å². The molecular weight excluding hydrogens is 1240 g/mol. The molecule has 12 aliphatic rings. The molecule has 3 N–H and O–H groups in total. The van der Waals surface area contributed by atoms with Gasteiger partial charge in [-0.05, 0) is 147 Å². The molecule has 8 aliphatic carbocycles. The SMILES string of the molecule is C.C[C@]12C=CC(=O)C=C1[C@@H](F)C[C@H]1[C@@H]3C[C@H]4CN(Cc5ccc(Cl)cc5)O[C@@]4(C(=O)O)[C@@]3(C)C[C@H](O)[C@@]12F.C[C@]12C=CC(=O)C=C1[C@@H](F)C[C@H]1[C@@H]3C[C@H]4CN(Cc5ccc(Cl)cc5)O[C@@]4(C(=O)SC4OOC(=O)O4)[C@@]3(C)C[C@H](O)[C@@]12F.O=C1OCC(Cl)O1. The van der Waals surface area contributed by atoms with E-state index in [0.29, 0.717) is 60.8 Å². The van der Waals surface area contributed by atoms with Gasteiger partial charge in [0.1, 0.15) is 19.0 Å². The number of hydrogen-bond donors (Lipinski definition) is 3. The summed E-state index contributed by atoms with van der Waals surface area (Å²) in [6, 6.07) is 14.4. The number of cyclic esters (lactones) is 3. The Kier molecular flexibility index (Phi) is 16.7. The number of rotatable bonds is 7. The lowest BCUT2D eigenvalue weighted by Gasteiger charge is -2.63. The van der Waals surface area contributed by atoms with Crippen molar-refractivity contribution < 1.29 is 95.3 Å². The summed E-state index contributed by atoms with van der Waals surface area (Å²) in [5.41, 5.74) is -13.2. The number of carboxylic acids is 1. The summed E-state index contributed by atoms with van der Waals surface area (Å²) in [4.78, 5) is 95.0. The van der Waals surface area contributed by atoms with Crippen molar-refractivity contribution in [3.63, 3.8) is 0 Å². The number of carbonyl (C=O) groups excluding carboxylic acids is 5. The van der Waals surface area contributed by atoms with Crippen LogP contribution in [0.4, 0.5) is 27.2 Å². The first-order valence-electron chi connectivity index (χ1n) is 28.7. The van der Waals surface area contributed by atoms with Crippen LogP contribution in [0.3, 0.4) is 0 Å². The van der Waals surface area contributed by atoms with E-state index in [-0.39, 0.29) is 50.9 Å². The maximum atomic E-state index is 17.6. The van der Waals surface area contributed by atoms with Crippen LogP contribution in [0.1, 0.15) is 84.8 Å². The number of aliphatic hydroxyl groups excluding tert-OH is 2. The molecule has 4 aliphatic heterocycles. The molecule has 4 heterocycles. The van der Waals surface area contributed by atoms with Gasteiger partial charge in [-0.1, -0.05) is 92.5 Å². The van der Waals surface area contributed by atoms with Gasteiger partial charge in [0.05, 0.1) is 12.2 Å². The van der Waals surface area contributed by atoms with E-state index in [1.54, 1.807) is 55.2 Å². The maximum absolute atomic E-state index is 17.6. The Hall–Kier alpha value is -4.92. The monoisotopic (exact) mass is 1310 g/mol. The molecule has 2 aromatic rings. The minimum absolute atomic E-state index is 0. The second kappa shape index (κ2) is 22.7. The fourth-order valence-corrected chi connectivity index (χ4v) is 19.2. The molecule has 18 nitrogen and oxygen atoms in total. The molecule has 476 valence electrons. The average molecular weight is 1310 g/mol. The van der Waals surface area contributed by atoms with Gasteiger partial charge in [0, 0.05) is 81.6 Å². The fraction of sp³-hybridized carbons (Fsp3) is 0.581. The number of thioether (sulfide) groups is 1. The van der Waals surface area contributed by atoms with Gasteiger partial charge in [-0.15, -0.1) is 4.89 Å². The third kappa shape index (κ3) is 9.57. The minimum Gasteiger partial charge on any atom is -0.479 e. The van der Waals surface area contributed by atoms with Crippen LogP contribution in [0.2, 0.25) is 10.0 Å². The Morgan fingerprint density at radius 1 is 0.659 bits per heavy atom. The van der Waals surface area contributed by atoms with E-state index < -0.39 is 150 Å². The van der Waals surface area contributed by atoms with Gasteiger partial charge in [-0.3, -0.25) is 28.9 Å². The number of carboxylic acid groups (broad SMARTS) is 1. The molecule has 2 aromatic carbocycles. The number of aliphatic carboxylic acids is 1. The van der Waals surface area contributed by atoms with Crippen molar-refractivity contribution in [2.75, 3.05) is 19.7 Å². The molecule has 14 rings (SSSR count). The van der Waals surface area contributed by atoms with E-state index in [2.05, 4.69) is 14.4 Å². The van der Waals surface area contributed by atoms with Gasteiger partial charge in [-0.2, -0.15) is 10.1 Å². The quantitative estimate of drug-likeness (QED) is 0.101. The van der Waals surface area contributed by atoms with Crippen LogP contribution in [0, 0.1) is 57.2 Å². The second-order valence-corrected chi connectivity index (χ2v) is 28.1. The molecule has 6 saturated carbocycles. The van der Waals surface area contributed by atoms with Crippen LogP contribution in [0.25, 0.3) is 0 Å². The number of benzene rings is 2. The third-order valence-electron chi connectivity index (χ3n) is 21.7. The number of aliphatic hydroxyl groups is 2. The van der Waals surface area contributed by atoms with E-state index in [1.807, 2.05) is 24.3 Å². The molecule has 20 atom stereocenters. The number of allylic oxidation sites excluding steroid dienone is 8. The molecule has 10 fully saturated rings. The zero-order valence-electron chi connectivity index (χ0n) is 47.4. The molecule has 2 unspecified atom stereocenters. The van der Waals surface area contributed by atoms with E-state index in [9.17, 15) is 44.1 Å². The standard InChI is InChI=1S/C30H30ClF2NO8S.C28H30ClF2NO5.C3H3ClO3.CH4/c1-27-8-7-18(35)10-21(27)22(32)11-20-19-9-16-14-34(13-15-3-5-17(31)6-4-15)42-30(16,24(37)43-26-39-25(38)40-41-26)28(19,2)12-23(36)29(20,27)33;1-25-8-7-18(33)10-21(25)22(30)11-20-19-9-16-14-32(13-15-3-5-17(29)6-4-15)37-28(16,24(35)36)26(19,2)12-23(34)27(20,25)31;4-2-1-6-3(5)7-2;/h3-8,10,16,19-20,22-23,26,36H,9,11-14H2,1-2H3;3-8,10,16,19-20,22-23,34H,9,11-14H2,1-2H3,(H,35,36);2H,1H2;1H4/t16-,19-,20-,22-,23-,26?,27-,28-,29-,30-;16-,19-,20-,22-,23-,25-,26-,27-,28-;;/m00../s1. The molecule has 0 spiro atoms. The van der Waals surface area contributed by atoms with Crippen molar-refractivity contribution >= 4 is 81.5 Å². The number of ether oxygens (including phenoxy) is 3. The molecule has 0 bridgehead atoms. The topological polar surface area (TPSA) is 234 Å². The van der Waals surface area contributed by atoms with Crippen LogP contribution in [-0.2, 0) is 65.9 Å². The molecule has 0 amide bonds. The average Bonchev–Trinajstić information content (AvgIpc) is 1.37. The summed E-state index contributed by atoms with van der Waals surface area (Å²) < 4.78 is 79.9. The Morgan fingerprint density at radius 2 is 1.10 bits per heavy atom. The van der Waals surface area contributed by atoms with E-state index in [0.717, 1.165) is 23.3 Å². The number of carbonyl (C=O) groups is 6. The number of hydroxylamine groups is 4. The number of halogens is 7. The van der Waals surface area contributed by atoms with Crippen LogP contribution in [0.5, 0.6) is 0 Å². The largest absolute Gasteiger partial charge is 0.543 e. The highest BCUT2D eigenvalue weighted by molar-refractivity contribution is 8.14. The van der Waals surface area contributed by atoms with Gasteiger partial charge in [0.15, 0.2) is 34.1 Å². The van der Waals surface area contributed by atoms with Gasteiger partial charge in [-0.25, -0.2) is 31.9 Å². The zero-order valence-corrected chi connectivity index (χ0v) is 50.5. The predicted molar refractivity (Wildman–Crippen MR) is 308 cm³/mol. The smallest absolute Gasteiger partial charge is 0.479 e. The summed E-state index contributed by atoms with van der Waals surface area (Å²) in [5.74, 6) is -5.90. The van der Waals surface area contributed by atoms with Crippen molar-refractivity contribution in [2.45, 2.75) is 145 Å². The molecular formula is C62H67Cl3F4N2O16S. The van der Waals surface area contributed by atoms with Gasteiger partial charge in [0.2, 0.25) is 10.7 Å². The molecule has 26 heteroatoms. The first kappa shape index (κ1) is 64.6. The first-order chi connectivity index (χ1) is 41.0. The van der Waals surface area contributed by atoms with Crippen molar-refractivity contribution in [1.29, 1.82) is 0 Å².